The fourth-order valence-corrected chi connectivity index (χ4v) is 3.02. The predicted octanol–water partition coefficient (Wildman–Crippen LogP) is 2.43. The van der Waals surface area contributed by atoms with Crippen molar-refractivity contribution in [3.63, 3.8) is 0 Å². The van der Waals surface area contributed by atoms with Crippen LogP contribution in [0.2, 0.25) is 0 Å². The van der Waals surface area contributed by atoms with Crippen LogP contribution >= 0.6 is 0 Å². The van der Waals surface area contributed by atoms with Crippen LogP contribution in [-0.2, 0) is 6.54 Å². The third-order valence-electron chi connectivity index (χ3n) is 4.46. The molecule has 5 nitrogen and oxygen atoms in total. The lowest BCUT2D eigenvalue weighted by molar-refractivity contribution is 0.0732. The molecule has 1 aliphatic heterocycles. The Kier molecular flexibility index (Phi) is 3.59. The molecule has 1 aliphatic carbocycles. The monoisotopic (exact) mass is 328 g/mol. The smallest absolute Gasteiger partial charge is 0.254 e. The van der Waals surface area contributed by atoms with Gasteiger partial charge in [-0.3, -0.25) is 9.59 Å². The quantitative estimate of drug-likeness (QED) is 0.921. The summed E-state index contributed by atoms with van der Waals surface area (Å²) in [5, 5.41) is 0. The number of fused-ring (bicyclic) bond motifs is 1. The molecule has 0 spiro atoms. The van der Waals surface area contributed by atoms with Crippen LogP contribution in [0.4, 0.5) is 4.39 Å². The Balaban J connectivity index is 1.65. The van der Waals surface area contributed by atoms with Gasteiger partial charge in [-0.1, -0.05) is 6.07 Å². The van der Waals surface area contributed by atoms with Crippen LogP contribution in [0.1, 0.15) is 40.4 Å². The Labute approximate surface area is 138 Å². The number of amides is 1. The first-order chi connectivity index (χ1) is 11.6. The van der Waals surface area contributed by atoms with E-state index in [9.17, 15) is 14.0 Å². The Hall–Kier alpha value is -2.63. The number of hydrogen-bond acceptors (Lipinski definition) is 3. The first kappa shape index (κ1) is 14.9. The highest BCUT2D eigenvalue weighted by Gasteiger charge is 2.27. The van der Waals surface area contributed by atoms with Crippen molar-refractivity contribution < 1.29 is 13.9 Å². The lowest BCUT2D eigenvalue weighted by atomic mass is 10.1. The minimum atomic E-state index is -0.392. The fraction of sp³-hybridized carbons (Fsp3) is 0.333. The van der Waals surface area contributed by atoms with Crippen LogP contribution in [0.25, 0.3) is 0 Å². The molecule has 0 bridgehead atoms. The topological polar surface area (TPSA) is 62.4 Å². The largest absolute Gasteiger partial charge is 0.491 e. The minimum absolute atomic E-state index is 0.131. The van der Waals surface area contributed by atoms with E-state index in [1.54, 1.807) is 18.2 Å². The van der Waals surface area contributed by atoms with Gasteiger partial charge >= 0.3 is 0 Å². The van der Waals surface area contributed by atoms with Gasteiger partial charge in [0, 0.05) is 22.9 Å². The molecule has 1 fully saturated rings. The summed E-state index contributed by atoms with van der Waals surface area (Å²) in [6.45, 7) is 0.770. The van der Waals surface area contributed by atoms with Crippen LogP contribution in [0.5, 0.6) is 5.75 Å². The average molecular weight is 328 g/mol. The van der Waals surface area contributed by atoms with E-state index in [2.05, 4.69) is 4.98 Å². The lowest BCUT2D eigenvalue weighted by Crippen LogP contribution is -2.33. The Bertz CT molecular complexity index is 858. The lowest BCUT2D eigenvalue weighted by Gasteiger charge is -2.20. The molecule has 1 saturated carbocycles. The highest BCUT2D eigenvalue weighted by Crippen LogP contribution is 2.38. The number of hydrogen-bond donors (Lipinski definition) is 1. The van der Waals surface area contributed by atoms with E-state index in [4.69, 9.17) is 4.74 Å². The summed E-state index contributed by atoms with van der Waals surface area (Å²) >= 11 is 0. The molecule has 2 heterocycles. The van der Waals surface area contributed by atoms with Crippen LogP contribution < -0.4 is 10.3 Å². The van der Waals surface area contributed by atoms with Gasteiger partial charge in [0.1, 0.15) is 18.2 Å². The van der Waals surface area contributed by atoms with Crippen LogP contribution in [0, 0.1) is 5.82 Å². The third kappa shape index (κ3) is 2.79. The van der Waals surface area contributed by atoms with Gasteiger partial charge in [-0.05, 0) is 37.0 Å². The molecule has 6 heteroatoms. The molecular formula is C18H17FN2O3. The molecule has 2 aliphatic rings. The highest BCUT2D eigenvalue weighted by atomic mass is 19.1. The Morgan fingerprint density at radius 3 is 2.92 bits per heavy atom. The van der Waals surface area contributed by atoms with Crippen molar-refractivity contribution in [1.29, 1.82) is 0 Å². The van der Waals surface area contributed by atoms with E-state index < -0.39 is 5.82 Å². The molecule has 2 aromatic rings. The number of carbonyl (C=O) groups is 1. The number of rotatable bonds is 2. The van der Waals surface area contributed by atoms with Crippen molar-refractivity contribution >= 4 is 5.91 Å². The van der Waals surface area contributed by atoms with Crippen molar-refractivity contribution in [1.82, 2.24) is 9.88 Å². The number of ether oxygens (including phenoxy) is 1. The van der Waals surface area contributed by atoms with Gasteiger partial charge in [0.15, 0.2) is 0 Å². The SMILES string of the molecule is O=C(c1cc(C2CC2)[nH]c(=O)c1)N1CCOc2cccc(F)c2C1. The summed E-state index contributed by atoms with van der Waals surface area (Å²) < 4.78 is 19.6. The average Bonchev–Trinajstić information content (AvgIpc) is 3.40. The zero-order valence-electron chi connectivity index (χ0n) is 13.0. The van der Waals surface area contributed by atoms with Gasteiger partial charge < -0.3 is 14.6 Å². The predicted molar refractivity (Wildman–Crippen MR) is 85.7 cm³/mol. The molecule has 1 N–H and O–H groups in total. The van der Waals surface area contributed by atoms with E-state index in [1.807, 2.05) is 0 Å². The molecular weight excluding hydrogens is 311 g/mol. The molecule has 0 radical (unpaired) electrons. The molecule has 0 atom stereocenters. The maximum Gasteiger partial charge on any atom is 0.254 e. The van der Waals surface area contributed by atoms with Gasteiger partial charge in [-0.25, -0.2) is 4.39 Å². The first-order valence-electron chi connectivity index (χ1n) is 8.05. The number of H-pyrrole nitrogens is 1. The van der Waals surface area contributed by atoms with Gasteiger partial charge in [-0.2, -0.15) is 0 Å². The van der Waals surface area contributed by atoms with Crippen LogP contribution in [0.15, 0.2) is 35.1 Å². The highest BCUT2D eigenvalue weighted by molar-refractivity contribution is 5.94. The summed E-state index contributed by atoms with van der Waals surface area (Å²) in [5.41, 5.74) is 1.25. The number of nitrogens with one attached hydrogen (secondary N) is 1. The summed E-state index contributed by atoms with van der Waals surface area (Å²) in [7, 11) is 0. The molecule has 4 rings (SSSR count). The van der Waals surface area contributed by atoms with E-state index in [1.165, 1.54) is 17.0 Å². The van der Waals surface area contributed by atoms with Gasteiger partial charge in [0.25, 0.3) is 5.91 Å². The van der Waals surface area contributed by atoms with Crippen molar-refractivity contribution in [2.45, 2.75) is 25.3 Å². The first-order valence-corrected chi connectivity index (χ1v) is 8.05. The molecule has 124 valence electrons. The molecule has 1 amide bonds. The van der Waals surface area contributed by atoms with Crippen LogP contribution in [-0.4, -0.2) is 28.9 Å². The van der Waals surface area contributed by atoms with Crippen LogP contribution in [0.3, 0.4) is 0 Å². The van der Waals surface area contributed by atoms with Gasteiger partial charge in [-0.15, -0.1) is 0 Å². The number of pyridine rings is 1. The second-order valence-corrected chi connectivity index (χ2v) is 6.25. The standard InChI is InChI=1S/C18H17FN2O3/c19-14-2-1-3-16-13(14)10-21(6-7-24-16)18(23)12-8-15(11-4-5-11)20-17(22)9-12/h1-3,8-9,11H,4-7,10H2,(H,20,22). The summed E-state index contributed by atoms with van der Waals surface area (Å²) in [4.78, 5) is 29.0. The zero-order chi connectivity index (χ0) is 16.7. The van der Waals surface area contributed by atoms with Crippen molar-refractivity contribution in [3.05, 3.63) is 63.3 Å². The number of nitrogens with zero attached hydrogens (tertiary/aromatic N) is 1. The Morgan fingerprint density at radius 2 is 2.12 bits per heavy atom. The van der Waals surface area contributed by atoms with E-state index in [0.29, 0.717) is 35.9 Å². The normalized spacial score (nSPS) is 17.0. The molecule has 1 aromatic carbocycles. The van der Waals surface area contributed by atoms with E-state index in [0.717, 1.165) is 18.5 Å². The number of aromatic nitrogens is 1. The van der Waals surface area contributed by atoms with E-state index >= 15 is 0 Å². The van der Waals surface area contributed by atoms with Gasteiger partial charge in [0.05, 0.1) is 13.1 Å². The summed E-state index contributed by atoms with van der Waals surface area (Å²) in [6.07, 6.45) is 2.06. The maximum absolute atomic E-state index is 14.1. The van der Waals surface area contributed by atoms with Crippen molar-refractivity contribution in [3.8, 4) is 5.75 Å². The number of aromatic amines is 1. The third-order valence-corrected chi connectivity index (χ3v) is 4.46. The number of benzene rings is 1. The fourth-order valence-electron chi connectivity index (χ4n) is 3.02. The second kappa shape index (κ2) is 5.78. The van der Waals surface area contributed by atoms with Crippen molar-refractivity contribution in [2.75, 3.05) is 13.2 Å². The molecule has 0 unspecified atom stereocenters. The van der Waals surface area contributed by atoms with E-state index in [-0.39, 0.29) is 18.0 Å². The molecule has 24 heavy (non-hydrogen) atoms. The maximum atomic E-state index is 14.1. The number of carbonyl (C=O) groups excluding carboxylic acids is 1. The van der Waals surface area contributed by atoms with Gasteiger partial charge in [0.2, 0.25) is 5.56 Å². The minimum Gasteiger partial charge on any atom is -0.491 e. The summed E-state index contributed by atoms with van der Waals surface area (Å²) in [5.74, 6) is 0.144. The zero-order valence-corrected chi connectivity index (χ0v) is 13.0. The number of halogens is 1. The summed E-state index contributed by atoms with van der Waals surface area (Å²) in [6, 6.07) is 7.70. The molecule has 1 aromatic heterocycles. The Morgan fingerprint density at radius 1 is 1.29 bits per heavy atom. The molecule has 0 saturated heterocycles. The van der Waals surface area contributed by atoms with Crippen molar-refractivity contribution in [2.24, 2.45) is 0 Å². The second-order valence-electron chi connectivity index (χ2n) is 6.25.